The molecule has 27 heavy (non-hydrogen) atoms. The number of amides is 2. The Morgan fingerprint density at radius 3 is 2.67 bits per heavy atom. The average molecular weight is 373 g/mol. The van der Waals surface area contributed by atoms with E-state index in [9.17, 15) is 4.79 Å². The molecule has 1 unspecified atom stereocenters. The van der Waals surface area contributed by atoms with Gasteiger partial charge in [-0.25, -0.2) is 4.79 Å². The molecule has 1 aromatic carbocycles. The topological polar surface area (TPSA) is 38.8 Å². The fourth-order valence-electron chi connectivity index (χ4n) is 4.29. The zero-order chi connectivity index (χ0) is 19.1. The van der Waals surface area contributed by atoms with Crippen LogP contribution in [0.1, 0.15) is 44.6 Å². The summed E-state index contributed by atoms with van der Waals surface area (Å²) in [5.41, 5.74) is 2.21. The highest BCUT2D eigenvalue weighted by Gasteiger charge is 2.27. The number of piperazine rings is 1. The molecule has 0 spiro atoms. The van der Waals surface area contributed by atoms with Crippen LogP contribution in [0.4, 0.5) is 10.5 Å². The highest BCUT2D eigenvalue weighted by Crippen LogP contribution is 2.23. The van der Waals surface area contributed by atoms with Gasteiger partial charge in [-0.15, -0.1) is 0 Å². The molecule has 150 valence electrons. The molecule has 2 amide bonds. The molecule has 1 atom stereocenters. The van der Waals surface area contributed by atoms with Gasteiger partial charge in [-0.3, -0.25) is 0 Å². The van der Waals surface area contributed by atoms with Gasteiger partial charge in [0.15, 0.2) is 0 Å². The first-order chi connectivity index (χ1) is 13.2. The number of nitrogens with one attached hydrogen (secondary N) is 1. The van der Waals surface area contributed by atoms with Crippen molar-refractivity contribution in [1.29, 1.82) is 0 Å². The lowest BCUT2D eigenvalue weighted by atomic mass is 9.99. The predicted molar refractivity (Wildman–Crippen MR) is 112 cm³/mol. The molecule has 2 aliphatic rings. The number of para-hydroxylation sites is 1. The van der Waals surface area contributed by atoms with Gasteiger partial charge in [0.05, 0.1) is 0 Å². The number of likely N-dealkylation sites (tertiary alicyclic amines) is 1. The highest BCUT2D eigenvalue weighted by molar-refractivity contribution is 5.90. The second-order valence-electron chi connectivity index (χ2n) is 8.11. The molecular formula is C22H36N4O. The molecule has 2 fully saturated rings. The van der Waals surface area contributed by atoms with Crippen LogP contribution in [0.3, 0.4) is 0 Å². The number of likely N-dealkylation sites (N-methyl/N-ethyl adjacent to an activating group) is 1. The third kappa shape index (κ3) is 5.69. The number of hydrogen-bond donors (Lipinski definition) is 1. The van der Waals surface area contributed by atoms with Crippen molar-refractivity contribution in [3.8, 4) is 0 Å². The zero-order valence-electron chi connectivity index (χ0n) is 17.1. The standard InChI is InChI=1S/C22H36N4O/c1-3-8-19-9-4-5-11-21(19)23-22(27)26-13-7-6-10-20(26)12-14-25-17-15-24(2)16-18-25/h4-5,9,11,20H,3,6-8,10,12-18H2,1-2H3,(H,23,27). The number of carbonyl (C=O) groups excluding carboxylic acids is 1. The van der Waals surface area contributed by atoms with Gasteiger partial charge in [0.1, 0.15) is 0 Å². The van der Waals surface area contributed by atoms with Gasteiger partial charge in [0, 0.05) is 51.0 Å². The van der Waals surface area contributed by atoms with E-state index in [1.54, 1.807) is 0 Å². The Balaban J connectivity index is 1.57. The minimum atomic E-state index is 0.0848. The molecule has 0 aromatic heterocycles. The summed E-state index contributed by atoms with van der Waals surface area (Å²) >= 11 is 0. The summed E-state index contributed by atoms with van der Waals surface area (Å²) in [6.07, 6.45) is 6.68. The third-order valence-electron chi connectivity index (χ3n) is 6.04. The van der Waals surface area contributed by atoms with E-state index in [1.807, 2.05) is 12.1 Å². The Morgan fingerprint density at radius 1 is 1.11 bits per heavy atom. The van der Waals surface area contributed by atoms with Crippen LogP contribution in [0, 0.1) is 0 Å². The Hall–Kier alpha value is -1.59. The summed E-state index contributed by atoms with van der Waals surface area (Å²) < 4.78 is 0. The quantitative estimate of drug-likeness (QED) is 0.828. The van der Waals surface area contributed by atoms with Crippen molar-refractivity contribution in [2.45, 2.75) is 51.5 Å². The molecular weight excluding hydrogens is 336 g/mol. The number of benzene rings is 1. The van der Waals surface area contributed by atoms with Crippen LogP contribution in [-0.4, -0.2) is 73.1 Å². The van der Waals surface area contributed by atoms with E-state index >= 15 is 0 Å². The van der Waals surface area contributed by atoms with Gasteiger partial charge in [0.25, 0.3) is 0 Å². The summed E-state index contributed by atoms with van der Waals surface area (Å²) in [4.78, 5) is 20.1. The first-order valence-corrected chi connectivity index (χ1v) is 10.7. The van der Waals surface area contributed by atoms with E-state index < -0.39 is 0 Å². The van der Waals surface area contributed by atoms with E-state index in [2.05, 4.69) is 46.1 Å². The molecule has 1 aromatic rings. The highest BCUT2D eigenvalue weighted by atomic mass is 16.2. The van der Waals surface area contributed by atoms with Crippen molar-refractivity contribution >= 4 is 11.7 Å². The Kier molecular flexibility index (Phi) is 7.53. The monoisotopic (exact) mass is 372 g/mol. The summed E-state index contributed by atoms with van der Waals surface area (Å²) in [6, 6.07) is 8.68. The Bertz CT molecular complexity index is 598. The molecule has 0 saturated carbocycles. The first kappa shape index (κ1) is 20.2. The van der Waals surface area contributed by atoms with Gasteiger partial charge >= 0.3 is 6.03 Å². The van der Waals surface area contributed by atoms with Crippen molar-refractivity contribution in [3.05, 3.63) is 29.8 Å². The Morgan fingerprint density at radius 2 is 1.89 bits per heavy atom. The number of hydrogen-bond acceptors (Lipinski definition) is 3. The summed E-state index contributed by atoms with van der Waals surface area (Å²) in [5.74, 6) is 0. The van der Waals surface area contributed by atoms with E-state index in [0.717, 1.165) is 77.1 Å². The van der Waals surface area contributed by atoms with E-state index in [-0.39, 0.29) is 6.03 Å². The molecule has 3 rings (SSSR count). The summed E-state index contributed by atoms with van der Waals surface area (Å²) in [5, 5.41) is 3.21. The van der Waals surface area contributed by atoms with Crippen molar-refractivity contribution in [2.24, 2.45) is 0 Å². The van der Waals surface area contributed by atoms with Crippen LogP contribution in [0.2, 0.25) is 0 Å². The van der Waals surface area contributed by atoms with Crippen molar-refractivity contribution in [2.75, 3.05) is 51.6 Å². The largest absolute Gasteiger partial charge is 0.322 e. The fraction of sp³-hybridized carbons (Fsp3) is 0.682. The number of carbonyl (C=O) groups is 1. The number of nitrogens with zero attached hydrogens (tertiary/aromatic N) is 3. The second kappa shape index (κ2) is 10.1. The maximum absolute atomic E-state index is 13.0. The molecule has 0 aliphatic carbocycles. The van der Waals surface area contributed by atoms with Gasteiger partial charge in [0.2, 0.25) is 0 Å². The van der Waals surface area contributed by atoms with Gasteiger partial charge in [-0.1, -0.05) is 31.5 Å². The summed E-state index contributed by atoms with van der Waals surface area (Å²) in [6.45, 7) is 8.79. The maximum atomic E-state index is 13.0. The normalized spacial score (nSPS) is 22.0. The van der Waals surface area contributed by atoms with Crippen molar-refractivity contribution in [3.63, 3.8) is 0 Å². The van der Waals surface area contributed by atoms with Crippen LogP contribution in [0.25, 0.3) is 0 Å². The van der Waals surface area contributed by atoms with Crippen LogP contribution >= 0.6 is 0 Å². The number of rotatable bonds is 6. The van der Waals surface area contributed by atoms with Crippen LogP contribution in [0.5, 0.6) is 0 Å². The number of urea groups is 1. The lowest BCUT2D eigenvalue weighted by molar-refractivity contribution is 0.122. The molecule has 2 aliphatic heterocycles. The smallest absolute Gasteiger partial charge is 0.322 e. The molecule has 5 nitrogen and oxygen atoms in total. The van der Waals surface area contributed by atoms with Crippen LogP contribution in [-0.2, 0) is 6.42 Å². The van der Waals surface area contributed by atoms with Crippen LogP contribution < -0.4 is 5.32 Å². The third-order valence-corrected chi connectivity index (χ3v) is 6.04. The van der Waals surface area contributed by atoms with Crippen molar-refractivity contribution in [1.82, 2.24) is 14.7 Å². The molecule has 0 bridgehead atoms. The van der Waals surface area contributed by atoms with Gasteiger partial charge in [-0.2, -0.15) is 0 Å². The minimum Gasteiger partial charge on any atom is -0.322 e. The van der Waals surface area contributed by atoms with E-state index in [4.69, 9.17) is 0 Å². The van der Waals surface area contributed by atoms with Gasteiger partial charge in [-0.05, 0) is 50.8 Å². The second-order valence-corrected chi connectivity index (χ2v) is 8.11. The zero-order valence-corrected chi connectivity index (χ0v) is 17.1. The number of piperidine rings is 1. The maximum Gasteiger partial charge on any atom is 0.322 e. The van der Waals surface area contributed by atoms with E-state index in [1.165, 1.54) is 12.0 Å². The molecule has 1 N–H and O–H groups in total. The minimum absolute atomic E-state index is 0.0848. The molecule has 0 radical (unpaired) electrons. The number of aryl methyl sites for hydroxylation is 1. The van der Waals surface area contributed by atoms with Crippen molar-refractivity contribution < 1.29 is 4.79 Å². The fourth-order valence-corrected chi connectivity index (χ4v) is 4.29. The lowest BCUT2D eigenvalue weighted by Gasteiger charge is -2.38. The molecule has 2 heterocycles. The first-order valence-electron chi connectivity index (χ1n) is 10.7. The summed E-state index contributed by atoms with van der Waals surface area (Å²) in [7, 11) is 2.20. The average Bonchev–Trinajstić information content (AvgIpc) is 2.69. The predicted octanol–water partition coefficient (Wildman–Crippen LogP) is 3.66. The number of anilines is 1. The van der Waals surface area contributed by atoms with E-state index in [0.29, 0.717) is 6.04 Å². The molecule has 2 saturated heterocycles. The SMILES string of the molecule is CCCc1ccccc1NC(=O)N1CCCCC1CCN1CCN(C)CC1. The van der Waals surface area contributed by atoms with Crippen LogP contribution in [0.15, 0.2) is 24.3 Å². The molecule has 5 heteroatoms. The Labute approximate surface area is 164 Å². The lowest BCUT2D eigenvalue weighted by Crippen LogP contribution is -2.49. The van der Waals surface area contributed by atoms with Gasteiger partial charge < -0.3 is 20.0 Å².